The molecule has 1 aromatic heterocycles. The highest BCUT2D eigenvalue weighted by atomic mass is 16.5. The Labute approximate surface area is 271 Å². The summed E-state index contributed by atoms with van der Waals surface area (Å²) >= 11 is 0. The van der Waals surface area contributed by atoms with Crippen molar-refractivity contribution in [3.8, 4) is 40.0 Å². The number of rotatable bonds is 3. The van der Waals surface area contributed by atoms with E-state index in [2.05, 4.69) is 10.5 Å². The second kappa shape index (κ2) is 12.6. The van der Waals surface area contributed by atoms with Crippen molar-refractivity contribution in [3.05, 3.63) is 119 Å². The normalized spacial score (nSPS) is 15.9. The number of methoxy groups -OCH3 is 1. The van der Waals surface area contributed by atoms with E-state index >= 15 is 0 Å². The number of aryl methyl sites for hydroxylation is 1. The summed E-state index contributed by atoms with van der Waals surface area (Å²) in [7, 11) is 1.58. The minimum atomic E-state index is -0.468. The molecule has 1 unspecified atom stereocenters. The number of aromatic hydroxyl groups is 1. The molecule has 4 aromatic carbocycles. The second-order valence-electron chi connectivity index (χ2n) is 11.5. The third kappa shape index (κ3) is 5.74. The van der Waals surface area contributed by atoms with Gasteiger partial charge in [-0.3, -0.25) is 9.59 Å². The second-order valence-corrected chi connectivity index (χ2v) is 11.5. The van der Waals surface area contributed by atoms with E-state index in [-0.39, 0.29) is 17.2 Å². The average Bonchev–Trinajstić information content (AvgIpc) is 3.49. The molecule has 238 valence electrons. The van der Waals surface area contributed by atoms with Crippen molar-refractivity contribution in [3.63, 3.8) is 0 Å². The van der Waals surface area contributed by atoms with Gasteiger partial charge in [-0.05, 0) is 78.9 Å². The standard InChI is InChI=1S/C37H33N3O7/c1-22-33(34(39-47-22)23-7-4-3-5-8-23)37(43)40-17-15-24-19-26-10-12-28(24)35(40)25-9-14-31(44-2)32(20-25)45-18-6-16-38-36(42)29-21-27(46-26)11-13-30(29)41/h3-5,7-14,19-21,35,41H,6,15-18H2,1-2H3,(H,38,42). The summed E-state index contributed by atoms with van der Waals surface area (Å²) < 4.78 is 23.6. The maximum Gasteiger partial charge on any atom is 0.260 e. The molecule has 8 bridgehead atoms. The lowest BCUT2D eigenvalue weighted by Crippen LogP contribution is -2.41. The Morgan fingerprint density at radius 3 is 2.66 bits per heavy atom. The molecule has 3 aliphatic heterocycles. The Bertz CT molecular complexity index is 1970. The van der Waals surface area contributed by atoms with E-state index < -0.39 is 11.9 Å². The molecule has 3 aliphatic rings. The van der Waals surface area contributed by atoms with E-state index in [4.69, 9.17) is 18.7 Å². The van der Waals surface area contributed by atoms with Gasteiger partial charge in [0.15, 0.2) is 11.5 Å². The summed E-state index contributed by atoms with van der Waals surface area (Å²) in [6.45, 7) is 2.80. The fourth-order valence-corrected chi connectivity index (χ4v) is 6.23. The van der Waals surface area contributed by atoms with Crippen LogP contribution in [0.2, 0.25) is 0 Å². The number of ether oxygens (including phenoxy) is 3. The van der Waals surface area contributed by atoms with Crippen LogP contribution in [0.4, 0.5) is 0 Å². The molecule has 0 fully saturated rings. The Morgan fingerprint density at radius 1 is 1.02 bits per heavy atom. The molecular weight excluding hydrogens is 598 g/mol. The van der Waals surface area contributed by atoms with Crippen LogP contribution < -0.4 is 19.5 Å². The average molecular weight is 632 g/mol. The molecule has 0 saturated heterocycles. The number of amides is 2. The fraction of sp³-hybridized carbons (Fsp3) is 0.216. The van der Waals surface area contributed by atoms with Gasteiger partial charge in [-0.2, -0.15) is 0 Å². The molecule has 2 N–H and O–H groups in total. The Hall–Kier alpha value is -5.77. The van der Waals surface area contributed by atoms with Gasteiger partial charge in [0.25, 0.3) is 11.8 Å². The van der Waals surface area contributed by atoms with Crippen LogP contribution in [0.1, 0.15) is 55.6 Å². The highest BCUT2D eigenvalue weighted by molar-refractivity contribution is 6.01. The largest absolute Gasteiger partial charge is 0.507 e. The van der Waals surface area contributed by atoms with Gasteiger partial charge >= 0.3 is 0 Å². The van der Waals surface area contributed by atoms with E-state index in [0.717, 1.165) is 22.3 Å². The van der Waals surface area contributed by atoms with E-state index in [1.54, 1.807) is 20.1 Å². The summed E-state index contributed by atoms with van der Waals surface area (Å²) in [4.78, 5) is 29.3. The van der Waals surface area contributed by atoms with Crippen LogP contribution in [0, 0.1) is 6.92 Å². The van der Waals surface area contributed by atoms with Crippen molar-refractivity contribution in [2.75, 3.05) is 26.8 Å². The summed E-state index contributed by atoms with van der Waals surface area (Å²) in [6.07, 6.45) is 1.08. The number of hydrogen-bond donors (Lipinski definition) is 2. The van der Waals surface area contributed by atoms with E-state index in [1.165, 1.54) is 12.1 Å². The number of carbonyl (C=O) groups excluding carboxylic acids is 2. The van der Waals surface area contributed by atoms with E-state index in [0.29, 0.717) is 72.6 Å². The number of nitrogens with zero attached hydrogens (tertiary/aromatic N) is 2. The zero-order valence-electron chi connectivity index (χ0n) is 26.0. The molecule has 47 heavy (non-hydrogen) atoms. The van der Waals surface area contributed by atoms with Crippen molar-refractivity contribution in [1.82, 2.24) is 15.4 Å². The van der Waals surface area contributed by atoms with Crippen molar-refractivity contribution >= 4 is 11.8 Å². The lowest BCUT2D eigenvalue weighted by atomic mass is 9.87. The van der Waals surface area contributed by atoms with Gasteiger partial charge < -0.3 is 34.1 Å². The van der Waals surface area contributed by atoms with Gasteiger partial charge in [-0.15, -0.1) is 0 Å². The third-order valence-electron chi connectivity index (χ3n) is 8.54. The lowest BCUT2D eigenvalue weighted by molar-refractivity contribution is 0.0692. The molecule has 10 heteroatoms. The number of aromatic nitrogens is 1. The first-order chi connectivity index (χ1) is 22.9. The summed E-state index contributed by atoms with van der Waals surface area (Å²) in [5, 5.41) is 17.5. The number of phenolic OH excluding ortho intramolecular Hbond substituents is 1. The quantitative estimate of drug-likeness (QED) is 0.233. The maximum absolute atomic E-state index is 14.6. The zero-order chi connectivity index (χ0) is 32.5. The number of phenols is 1. The number of carbonyl (C=O) groups is 2. The van der Waals surface area contributed by atoms with Crippen LogP contribution in [-0.4, -0.2) is 53.8 Å². The zero-order valence-corrected chi connectivity index (χ0v) is 26.0. The van der Waals surface area contributed by atoms with Crippen LogP contribution in [0.3, 0.4) is 0 Å². The molecule has 8 rings (SSSR count). The molecular formula is C37H33N3O7. The first kappa shape index (κ1) is 29.9. The predicted octanol–water partition coefficient (Wildman–Crippen LogP) is 6.46. The highest BCUT2D eigenvalue weighted by Crippen LogP contribution is 2.42. The molecule has 0 saturated carbocycles. The summed E-state index contributed by atoms with van der Waals surface area (Å²) in [5.74, 6) is 1.76. The van der Waals surface area contributed by atoms with Crippen molar-refractivity contribution in [1.29, 1.82) is 0 Å². The first-order valence-electron chi connectivity index (χ1n) is 15.5. The molecule has 5 aromatic rings. The molecule has 0 aliphatic carbocycles. The molecule has 10 nitrogen and oxygen atoms in total. The van der Waals surface area contributed by atoms with Gasteiger partial charge in [0, 0.05) is 18.7 Å². The van der Waals surface area contributed by atoms with Crippen LogP contribution in [0.15, 0.2) is 89.5 Å². The minimum absolute atomic E-state index is 0.116. The van der Waals surface area contributed by atoms with Crippen LogP contribution in [0.25, 0.3) is 11.3 Å². The summed E-state index contributed by atoms with van der Waals surface area (Å²) in [5.41, 5.74) is 4.64. The molecule has 2 amide bonds. The Balaban J connectivity index is 1.34. The van der Waals surface area contributed by atoms with E-state index in [1.807, 2.05) is 71.6 Å². The lowest BCUT2D eigenvalue weighted by Gasteiger charge is -2.38. The number of fused-ring (bicyclic) bond motifs is 6. The fourth-order valence-electron chi connectivity index (χ4n) is 6.23. The maximum atomic E-state index is 14.6. The molecule has 0 spiro atoms. The van der Waals surface area contributed by atoms with Crippen molar-refractivity contribution < 1.29 is 33.4 Å². The van der Waals surface area contributed by atoms with Gasteiger partial charge in [-0.1, -0.05) is 47.6 Å². The van der Waals surface area contributed by atoms with Gasteiger partial charge in [0.1, 0.15) is 34.3 Å². The Morgan fingerprint density at radius 2 is 1.83 bits per heavy atom. The molecule has 1 atom stereocenters. The monoisotopic (exact) mass is 631 g/mol. The predicted molar refractivity (Wildman–Crippen MR) is 173 cm³/mol. The third-order valence-corrected chi connectivity index (χ3v) is 8.54. The minimum Gasteiger partial charge on any atom is -0.507 e. The number of hydrogen-bond acceptors (Lipinski definition) is 8. The van der Waals surface area contributed by atoms with Crippen LogP contribution in [0.5, 0.6) is 28.7 Å². The Kier molecular flexibility index (Phi) is 7.99. The topological polar surface area (TPSA) is 123 Å². The first-order valence-corrected chi connectivity index (χ1v) is 15.5. The number of benzene rings is 4. The van der Waals surface area contributed by atoms with Gasteiger partial charge in [0.2, 0.25) is 0 Å². The van der Waals surface area contributed by atoms with Crippen molar-refractivity contribution in [2.45, 2.75) is 25.8 Å². The smallest absolute Gasteiger partial charge is 0.260 e. The molecule has 4 heterocycles. The van der Waals surface area contributed by atoms with Crippen LogP contribution in [-0.2, 0) is 6.42 Å². The molecule has 0 radical (unpaired) electrons. The van der Waals surface area contributed by atoms with Crippen molar-refractivity contribution in [2.24, 2.45) is 0 Å². The van der Waals surface area contributed by atoms with Crippen LogP contribution >= 0.6 is 0 Å². The SMILES string of the molecule is COc1ccc2cc1OCCCNC(=O)c1cc(ccc1O)Oc1ccc3c(c1)CCN(C(=O)c1c(-c4ccccc4)noc1C)C23. The van der Waals surface area contributed by atoms with Gasteiger partial charge in [-0.25, -0.2) is 0 Å². The highest BCUT2D eigenvalue weighted by Gasteiger charge is 2.36. The van der Waals surface area contributed by atoms with Gasteiger partial charge in [0.05, 0.1) is 25.3 Å². The summed E-state index contributed by atoms with van der Waals surface area (Å²) in [6, 6.07) is 25.1. The number of nitrogens with one attached hydrogen (secondary N) is 1. The van der Waals surface area contributed by atoms with E-state index in [9.17, 15) is 14.7 Å².